The molecule has 1 aromatic carbocycles. The number of rotatable bonds is 3. The number of nitrogens with one attached hydrogen (secondary N) is 1. The fourth-order valence-corrected chi connectivity index (χ4v) is 2.56. The molecular weight excluding hydrogens is 286 g/mol. The van der Waals surface area contributed by atoms with E-state index in [-0.39, 0.29) is 12.8 Å². The molecule has 1 N–H and O–H groups in total. The van der Waals surface area contributed by atoms with Crippen molar-refractivity contribution in [2.45, 2.75) is 25.7 Å². The van der Waals surface area contributed by atoms with Gasteiger partial charge in [0.2, 0.25) is 5.91 Å². The maximum Gasteiger partial charge on any atom is 0.259 e. The van der Waals surface area contributed by atoms with E-state index < -0.39 is 17.7 Å². The first kappa shape index (κ1) is 14.6. The van der Waals surface area contributed by atoms with Crippen LogP contribution in [0.4, 0.5) is 14.5 Å². The van der Waals surface area contributed by atoms with Gasteiger partial charge in [0.25, 0.3) is 5.92 Å². The Kier molecular flexibility index (Phi) is 3.64. The minimum atomic E-state index is -2.88. The Morgan fingerprint density at radius 2 is 2.14 bits per heavy atom. The van der Waals surface area contributed by atoms with Gasteiger partial charge in [-0.3, -0.25) is 9.78 Å². The molecule has 0 aliphatic heterocycles. The summed E-state index contributed by atoms with van der Waals surface area (Å²) in [4.78, 5) is 16.2. The van der Waals surface area contributed by atoms with Gasteiger partial charge >= 0.3 is 0 Å². The lowest BCUT2D eigenvalue weighted by molar-refractivity contribution is -0.157. The number of hydrogen-bond acceptors (Lipinski definition) is 2. The lowest BCUT2D eigenvalue weighted by Gasteiger charge is -2.34. The normalized spacial score (nSPS) is 19.3. The number of carbonyl (C=O) groups is 1. The van der Waals surface area contributed by atoms with Gasteiger partial charge in [-0.25, -0.2) is 8.78 Å². The zero-order valence-electron chi connectivity index (χ0n) is 12.1. The number of alkyl halides is 2. The second kappa shape index (κ2) is 5.48. The molecule has 0 saturated heterocycles. The summed E-state index contributed by atoms with van der Waals surface area (Å²) in [6, 6.07) is 10.9. The molecule has 22 heavy (non-hydrogen) atoms. The van der Waals surface area contributed by atoms with Gasteiger partial charge in [0, 0.05) is 23.9 Å². The monoisotopic (exact) mass is 302 g/mol. The fourth-order valence-electron chi connectivity index (χ4n) is 2.56. The van der Waals surface area contributed by atoms with Crippen LogP contribution in [0.5, 0.6) is 0 Å². The number of nitrogens with zero attached hydrogens (tertiary/aromatic N) is 1. The van der Waals surface area contributed by atoms with Crippen molar-refractivity contribution < 1.29 is 13.6 Å². The Bertz CT molecular complexity index is 701. The van der Waals surface area contributed by atoms with Crippen molar-refractivity contribution in [1.29, 1.82) is 0 Å². The lowest BCUT2D eigenvalue weighted by atomic mass is 9.80. The summed E-state index contributed by atoms with van der Waals surface area (Å²) < 4.78 is 26.6. The molecule has 2 aromatic rings. The fraction of sp³-hybridized carbons (Fsp3) is 0.294. The van der Waals surface area contributed by atoms with E-state index >= 15 is 0 Å². The van der Waals surface area contributed by atoms with E-state index in [0.29, 0.717) is 5.69 Å². The van der Waals surface area contributed by atoms with Crippen molar-refractivity contribution in [1.82, 2.24) is 4.98 Å². The molecule has 0 spiro atoms. The van der Waals surface area contributed by atoms with Gasteiger partial charge in [-0.2, -0.15) is 0 Å². The maximum atomic E-state index is 13.3. The summed E-state index contributed by atoms with van der Waals surface area (Å²) in [5, 5.41) is 2.59. The summed E-state index contributed by atoms with van der Waals surface area (Å²) in [5.74, 6) is -4.71. The molecule has 0 unspecified atom stereocenters. The van der Waals surface area contributed by atoms with Crippen LogP contribution in [0, 0.1) is 12.8 Å². The second-order valence-electron chi connectivity index (χ2n) is 5.59. The Morgan fingerprint density at radius 1 is 1.32 bits per heavy atom. The number of hydrogen-bond donors (Lipinski definition) is 1. The van der Waals surface area contributed by atoms with E-state index in [1.165, 1.54) is 0 Å². The highest BCUT2D eigenvalue weighted by Crippen LogP contribution is 2.43. The van der Waals surface area contributed by atoms with E-state index in [9.17, 15) is 13.6 Å². The summed E-state index contributed by atoms with van der Waals surface area (Å²) in [6.45, 7) is 1.94. The van der Waals surface area contributed by atoms with Gasteiger partial charge in [0.05, 0.1) is 5.69 Å². The summed E-state index contributed by atoms with van der Waals surface area (Å²) in [7, 11) is 0. The average molecular weight is 302 g/mol. The number of halogens is 2. The number of benzene rings is 1. The highest BCUT2D eigenvalue weighted by molar-refractivity contribution is 5.94. The molecule has 1 amide bonds. The predicted octanol–water partition coefficient (Wildman–Crippen LogP) is 4.04. The second-order valence-corrected chi connectivity index (χ2v) is 5.59. The topological polar surface area (TPSA) is 42.0 Å². The minimum absolute atomic E-state index is 0.210. The number of aryl methyl sites for hydroxylation is 1. The third kappa shape index (κ3) is 2.71. The molecule has 1 aliphatic carbocycles. The maximum absolute atomic E-state index is 13.3. The highest BCUT2D eigenvalue weighted by Gasteiger charge is 2.52. The molecule has 0 bridgehead atoms. The third-order valence-electron chi connectivity index (χ3n) is 4.04. The van der Waals surface area contributed by atoms with E-state index in [1.807, 2.05) is 31.2 Å². The van der Waals surface area contributed by atoms with Gasteiger partial charge in [-0.05, 0) is 43.2 Å². The molecule has 5 heteroatoms. The molecule has 1 saturated carbocycles. The average Bonchev–Trinajstić information content (AvgIpc) is 2.49. The largest absolute Gasteiger partial charge is 0.326 e. The van der Waals surface area contributed by atoms with Gasteiger partial charge in [-0.15, -0.1) is 0 Å². The van der Waals surface area contributed by atoms with Crippen LogP contribution in [-0.4, -0.2) is 16.8 Å². The van der Waals surface area contributed by atoms with Crippen molar-refractivity contribution in [2.24, 2.45) is 5.92 Å². The van der Waals surface area contributed by atoms with Gasteiger partial charge in [0.1, 0.15) is 5.92 Å². The van der Waals surface area contributed by atoms with Crippen LogP contribution in [0.25, 0.3) is 11.3 Å². The molecule has 1 fully saturated rings. The Morgan fingerprint density at radius 3 is 2.73 bits per heavy atom. The molecule has 1 aliphatic rings. The Balaban J connectivity index is 1.82. The lowest BCUT2D eigenvalue weighted by Crippen LogP contribution is -2.46. The summed E-state index contributed by atoms with van der Waals surface area (Å²) >= 11 is 0. The first-order chi connectivity index (χ1) is 10.5. The molecule has 1 atom stereocenters. The molecule has 114 valence electrons. The third-order valence-corrected chi connectivity index (χ3v) is 4.04. The predicted molar refractivity (Wildman–Crippen MR) is 80.7 cm³/mol. The van der Waals surface area contributed by atoms with Crippen molar-refractivity contribution in [3.63, 3.8) is 0 Å². The number of amides is 1. The van der Waals surface area contributed by atoms with Gasteiger partial charge in [0.15, 0.2) is 0 Å². The molecule has 0 radical (unpaired) electrons. The molecule has 3 rings (SSSR count). The van der Waals surface area contributed by atoms with Crippen molar-refractivity contribution in [3.8, 4) is 11.3 Å². The van der Waals surface area contributed by atoms with Crippen LogP contribution in [0.1, 0.15) is 18.4 Å². The SMILES string of the molecule is Cc1ccc(NC(=O)[C@H]2CCC2(F)F)cc1-c1ccccn1. The zero-order chi connectivity index (χ0) is 15.7. The van der Waals surface area contributed by atoms with Crippen molar-refractivity contribution >= 4 is 11.6 Å². The minimum Gasteiger partial charge on any atom is -0.326 e. The molecule has 1 aromatic heterocycles. The highest BCUT2D eigenvalue weighted by atomic mass is 19.3. The molecule has 3 nitrogen and oxygen atoms in total. The number of anilines is 1. The van der Waals surface area contributed by atoms with Gasteiger partial charge in [-0.1, -0.05) is 12.1 Å². The van der Waals surface area contributed by atoms with E-state index in [2.05, 4.69) is 10.3 Å². The first-order valence-corrected chi connectivity index (χ1v) is 7.18. The van der Waals surface area contributed by atoms with Crippen molar-refractivity contribution in [3.05, 3.63) is 48.2 Å². The van der Waals surface area contributed by atoms with Gasteiger partial charge < -0.3 is 5.32 Å². The molecular formula is C17H16F2N2O. The quantitative estimate of drug-likeness (QED) is 0.929. The van der Waals surface area contributed by atoms with E-state index in [0.717, 1.165) is 16.8 Å². The Hall–Kier alpha value is -2.30. The number of carbonyl (C=O) groups excluding carboxylic acids is 1. The van der Waals surface area contributed by atoms with Crippen LogP contribution in [0.2, 0.25) is 0 Å². The van der Waals surface area contributed by atoms with Crippen molar-refractivity contribution in [2.75, 3.05) is 5.32 Å². The van der Waals surface area contributed by atoms with Crippen LogP contribution < -0.4 is 5.32 Å². The number of aromatic nitrogens is 1. The van der Waals surface area contributed by atoms with Crippen LogP contribution in [0.3, 0.4) is 0 Å². The van der Waals surface area contributed by atoms with Crippen LogP contribution >= 0.6 is 0 Å². The summed E-state index contributed by atoms with van der Waals surface area (Å²) in [6.07, 6.45) is 1.71. The van der Waals surface area contributed by atoms with Crippen LogP contribution in [0.15, 0.2) is 42.6 Å². The zero-order valence-corrected chi connectivity index (χ0v) is 12.1. The van der Waals surface area contributed by atoms with E-state index in [1.54, 1.807) is 18.3 Å². The smallest absolute Gasteiger partial charge is 0.259 e. The van der Waals surface area contributed by atoms with E-state index in [4.69, 9.17) is 0 Å². The Labute approximate surface area is 127 Å². The summed E-state index contributed by atoms with van der Waals surface area (Å²) in [5.41, 5.74) is 3.17. The first-order valence-electron chi connectivity index (χ1n) is 7.18. The number of pyridine rings is 1. The van der Waals surface area contributed by atoms with Crippen LogP contribution in [-0.2, 0) is 4.79 Å². The molecule has 1 heterocycles. The standard InChI is InChI=1S/C17H16F2N2O/c1-11-5-6-12(10-13(11)15-4-2-3-9-20-15)21-16(22)14-7-8-17(14,18)19/h2-6,9-10,14H,7-8H2,1H3,(H,21,22)/t14-/m1/s1.